The zero-order valence-corrected chi connectivity index (χ0v) is 9.89. The molecule has 0 atom stereocenters. The van der Waals surface area contributed by atoms with E-state index in [0.29, 0.717) is 10.6 Å². The third-order valence-corrected chi connectivity index (χ3v) is 2.61. The molecule has 0 amide bonds. The molecule has 0 radical (unpaired) electrons. The maximum absolute atomic E-state index is 8.57. The van der Waals surface area contributed by atoms with Crippen LogP contribution >= 0.6 is 11.6 Å². The van der Waals surface area contributed by atoms with Crippen molar-refractivity contribution in [3.63, 3.8) is 0 Å². The topological polar surface area (TPSA) is 76.4 Å². The summed E-state index contributed by atoms with van der Waals surface area (Å²) in [6.45, 7) is 1.95. The molecule has 88 valence electrons. The third-order valence-electron chi connectivity index (χ3n) is 2.31. The second-order valence-electron chi connectivity index (χ2n) is 3.61. The van der Waals surface area contributed by atoms with Crippen LogP contribution in [0.1, 0.15) is 11.1 Å². The lowest BCUT2D eigenvalue weighted by Crippen LogP contribution is -2.13. The van der Waals surface area contributed by atoms with Gasteiger partial charge in [0.2, 0.25) is 0 Å². The van der Waals surface area contributed by atoms with E-state index in [4.69, 9.17) is 22.5 Å². The van der Waals surface area contributed by atoms with Crippen LogP contribution < -0.4 is 5.73 Å². The van der Waals surface area contributed by atoms with Crippen LogP contribution in [0.25, 0.3) is 5.69 Å². The molecule has 0 bridgehead atoms. The molecule has 0 aliphatic rings. The van der Waals surface area contributed by atoms with Gasteiger partial charge >= 0.3 is 0 Å². The van der Waals surface area contributed by atoms with Crippen LogP contribution in [0.4, 0.5) is 0 Å². The van der Waals surface area contributed by atoms with Crippen molar-refractivity contribution < 1.29 is 5.21 Å². The van der Waals surface area contributed by atoms with E-state index in [1.54, 1.807) is 29.1 Å². The van der Waals surface area contributed by atoms with Gasteiger partial charge in [-0.25, -0.2) is 4.68 Å². The molecule has 1 aromatic heterocycles. The van der Waals surface area contributed by atoms with Gasteiger partial charge in [-0.2, -0.15) is 5.10 Å². The molecular formula is C11H11ClN4O. The zero-order chi connectivity index (χ0) is 12.4. The molecule has 2 aromatic rings. The summed E-state index contributed by atoms with van der Waals surface area (Å²) < 4.78 is 1.67. The molecule has 0 spiro atoms. The van der Waals surface area contributed by atoms with Crippen LogP contribution in [0.15, 0.2) is 35.7 Å². The average molecular weight is 251 g/mol. The molecule has 5 nitrogen and oxygen atoms in total. The molecule has 3 N–H and O–H groups in total. The highest BCUT2D eigenvalue weighted by Gasteiger charge is 2.07. The normalized spacial score (nSPS) is 11.8. The maximum atomic E-state index is 8.57. The van der Waals surface area contributed by atoms with E-state index in [1.165, 1.54) is 0 Å². The molecule has 0 aliphatic carbocycles. The van der Waals surface area contributed by atoms with Gasteiger partial charge in [0.1, 0.15) is 0 Å². The predicted molar refractivity (Wildman–Crippen MR) is 65.8 cm³/mol. The van der Waals surface area contributed by atoms with Gasteiger partial charge in [-0.1, -0.05) is 16.8 Å². The van der Waals surface area contributed by atoms with Gasteiger partial charge in [-0.15, -0.1) is 0 Å². The van der Waals surface area contributed by atoms with E-state index in [9.17, 15) is 0 Å². The summed E-state index contributed by atoms with van der Waals surface area (Å²) in [6.07, 6.45) is 3.61. The zero-order valence-electron chi connectivity index (χ0n) is 9.13. The lowest BCUT2D eigenvalue weighted by atomic mass is 10.2. The second-order valence-corrected chi connectivity index (χ2v) is 4.02. The van der Waals surface area contributed by atoms with E-state index in [2.05, 4.69) is 10.3 Å². The fourth-order valence-electron chi connectivity index (χ4n) is 1.45. The van der Waals surface area contributed by atoms with Crippen molar-refractivity contribution in [1.29, 1.82) is 0 Å². The Kier molecular flexibility index (Phi) is 3.01. The molecule has 0 unspecified atom stereocenters. The largest absolute Gasteiger partial charge is 0.409 e. The summed E-state index contributed by atoms with van der Waals surface area (Å²) in [6, 6.07) is 5.11. The molecule has 2 rings (SSSR count). The van der Waals surface area contributed by atoms with Crippen LogP contribution in [-0.4, -0.2) is 20.8 Å². The highest BCUT2D eigenvalue weighted by atomic mass is 35.5. The molecule has 17 heavy (non-hydrogen) atoms. The van der Waals surface area contributed by atoms with Gasteiger partial charge in [0.05, 0.1) is 16.9 Å². The van der Waals surface area contributed by atoms with Crippen molar-refractivity contribution in [3.8, 4) is 5.69 Å². The number of rotatable bonds is 2. The summed E-state index contributed by atoms with van der Waals surface area (Å²) in [7, 11) is 0. The quantitative estimate of drug-likeness (QED) is 0.370. The lowest BCUT2D eigenvalue weighted by molar-refractivity contribution is 0.318. The number of amidine groups is 1. The van der Waals surface area contributed by atoms with Crippen molar-refractivity contribution in [3.05, 3.63) is 46.7 Å². The van der Waals surface area contributed by atoms with Gasteiger partial charge in [0.15, 0.2) is 5.84 Å². The molecule has 1 heterocycles. The van der Waals surface area contributed by atoms with Crippen LogP contribution in [0.2, 0.25) is 5.02 Å². The Morgan fingerprint density at radius 2 is 2.29 bits per heavy atom. The number of aromatic nitrogens is 2. The number of aryl methyl sites for hydroxylation is 1. The molecule has 1 aromatic carbocycles. The van der Waals surface area contributed by atoms with Crippen LogP contribution in [-0.2, 0) is 0 Å². The molecule has 0 fully saturated rings. The number of halogens is 1. The molecule has 0 saturated heterocycles. The fourth-order valence-corrected chi connectivity index (χ4v) is 1.72. The van der Waals surface area contributed by atoms with Crippen LogP contribution in [0.5, 0.6) is 0 Å². The summed E-state index contributed by atoms with van der Waals surface area (Å²) in [5.41, 5.74) is 7.82. The van der Waals surface area contributed by atoms with E-state index in [0.717, 1.165) is 11.3 Å². The minimum atomic E-state index is 0.0232. The minimum Gasteiger partial charge on any atom is -0.409 e. The predicted octanol–water partition coefficient (Wildman–Crippen LogP) is 1.93. The molecule has 6 heteroatoms. The summed E-state index contributed by atoms with van der Waals surface area (Å²) in [5, 5.41) is 16.1. The fraction of sp³-hybridized carbons (Fsp3) is 0.0909. The SMILES string of the molecule is Cc1cnn(-c2ccc(C(N)=NO)cc2Cl)c1. The Morgan fingerprint density at radius 1 is 1.53 bits per heavy atom. The van der Waals surface area contributed by atoms with Crippen molar-refractivity contribution in [1.82, 2.24) is 9.78 Å². The Morgan fingerprint density at radius 3 is 2.82 bits per heavy atom. The smallest absolute Gasteiger partial charge is 0.170 e. The molecule has 0 aliphatic heterocycles. The Bertz CT molecular complexity index is 577. The Balaban J connectivity index is 2.45. The summed E-state index contributed by atoms with van der Waals surface area (Å²) >= 11 is 6.12. The number of benzene rings is 1. The summed E-state index contributed by atoms with van der Waals surface area (Å²) in [5.74, 6) is 0.0232. The first-order valence-corrected chi connectivity index (χ1v) is 5.28. The van der Waals surface area contributed by atoms with Crippen molar-refractivity contribution in [2.24, 2.45) is 10.9 Å². The van der Waals surface area contributed by atoms with Crippen molar-refractivity contribution in [2.75, 3.05) is 0 Å². The molecule has 0 saturated carbocycles. The van der Waals surface area contributed by atoms with Crippen LogP contribution in [0.3, 0.4) is 0 Å². The van der Waals surface area contributed by atoms with Gasteiger partial charge in [-0.05, 0) is 30.7 Å². The van der Waals surface area contributed by atoms with Crippen LogP contribution in [0, 0.1) is 6.92 Å². The highest BCUT2D eigenvalue weighted by Crippen LogP contribution is 2.21. The lowest BCUT2D eigenvalue weighted by Gasteiger charge is -2.06. The number of nitrogens with two attached hydrogens (primary N) is 1. The van der Waals surface area contributed by atoms with Gasteiger partial charge in [0, 0.05) is 11.8 Å². The first-order chi connectivity index (χ1) is 8.11. The van der Waals surface area contributed by atoms with E-state index >= 15 is 0 Å². The van der Waals surface area contributed by atoms with E-state index < -0.39 is 0 Å². The minimum absolute atomic E-state index is 0.0232. The Labute approximate surface area is 103 Å². The van der Waals surface area contributed by atoms with Gasteiger partial charge in [-0.3, -0.25) is 0 Å². The third kappa shape index (κ3) is 2.24. The first kappa shape index (κ1) is 11.5. The second kappa shape index (κ2) is 4.47. The van der Waals surface area contributed by atoms with E-state index in [-0.39, 0.29) is 5.84 Å². The highest BCUT2D eigenvalue weighted by molar-refractivity contribution is 6.32. The number of nitrogens with zero attached hydrogens (tertiary/aromatic N) is 3. The monoisotopic (exact) mass is 250 g/mol. The van der Waals surface area contributed by atoms with Crippen molar-refractivity contribution in [2.45, 2.75) is 6.92 Å². The van der Waals surface area contributed by atoms with E-state index in [1.807, 2.05) is 13.1 Å². The molecular weight excluding hydrogens is 240 g/mol. The standard InChI is InChI=1S/C11H11ClN4O/c1-7-5-14-16(6-7)10-3-2-8(4-9(10)12)11(13)15-17/h2-6,17H,1H3,(H2,13,15). The Hall–Kier alpha value is -2.01. The average Bonchev–Trinajstić information content (AvgIpc) is 2.74. The maximum Gasteiger partial charge on any atom is 0.170 e. The first-order valence-electron chi connectivity index (χ1n) is 4.91. The van der Waals surface area contributed by atoms with Gasteiger partial charge < -0.3 is 10.9 Å². The number of hydrogen-bond acceptors (Lipinski definition) is 3. The number of oxime groups is 1. The van der Waals surface area contributed by atoms with Gasteiger partial charge in [0.25, 0.3) is 0 Å². The summed E-state index contributed by atoms with van der Waals surface area (Å²) in [4.78, 5) is 0. The number of hydrogen-bond donors (Lipinski definition) is 2. The van der Waals surface area contributed by atoms with Crippen molar-refractivity contribution >= 4 is 17.4 Å².